The van der Waals surface area contributed by atoms with Crippen LogP contribution < -0.4 is 5.32 Å². The smallest absolute Gasteiger partial charge is 0.257 e. The van der Waals surface area contributed by atoms with Crippen LogP contribution in [-0.4, -0.2) is 25.9 Å². The fourth-order valence-electron chi connectivity index (χ4n) is 3.34. The van der Waals surface area contributed by atoms with Gasteiger partial charge in [-0.1, -0.05) is 59.9 Å². The zero-order valence-electron chi connectivity index (χ0n) is 17.6. The van der Waals surface area contributed by atoms with E-state index in [0.29, 0.717) is 38.1 Å². The predicted octanol–water partition coefficient (Wildman–Crippen LogP) is 5.76. The van der Waals surface area contributed by atoms with E-state index in [-0.39, 0.29) is 11.7 Å². The monoisotopic (exact) mass is 455 g/mol. The second kappa shape index (κ2) is 8.76. The number of benzene rings is 3. The maximum atomic E-state index is 14.3. The Balaban J connectivity index is 1.54. The van der Waals surface area contributed by atoms with E-state index in [2.05, 4.69) is 15.5 Å². The van der Waals surface area contributed by atoms with Crippen LogP contribution in [0.25, 0.3) is 27.5 Å². The molecule has 2 aromatic heterocycles. The highest BCUT2D eigenvalue weighted by atomic mass is 32.1. The summed E-state index contributed by atoms with van der Waals surface area (Å²) in [6, 6.07) is 23.6. The largest absolute Gasteiger partial charge is 0.296 e. The zero-order valence-corrected chi connectivity index (χ0v) is 18.4. The summed E-state index contributed by atoms with van der Waals surface area (Å²) in [4.78, 5) is 12.5. The number of anilines is 1. The molecule has 0 atom stereocenters. The molecule has 5 aromatic rings. The highest BCUT2D eigenvalue weighted by molar-refractivity contribution is 7.18. The Morgan fingerprint density at radius 1 is 0.970 bits per heavy atom. The number of halogens is 1. The molecule has 0 bridgehead atoms. The van der Waals surface area contributed by atoms with Crippen LogP contribution in [0.15, 0.2) is 85.1 Å². The average molecular weight is 456 g/mol. The summed E-state index contributed by atoms with van der Waals surface area (Å²) in [5.74, 6) is -0.570. The molecule has 2 heterocycles. The first-order valence-electron chi connectivity index (χ1n) is 10.2. The number of aryl methyl sites for hydroxylation is 1. The number of carbonyl (C=O) groups is 1. The van der Waals surface area contributed by atoms with E-state index in [4.69, 9.17) is 5.10 Å². The Labute approximate surface area is 193 Å². The summed E-state index contributed by atoms with van der Waals surface area (Å²) in [6.45, 7) is 1.72. The van der Waals surface area contributed by atoms with E-state index in [9.17, 15) is 9.18 Å². The molecular formula is C25H18FN5OS. The zero-order chi connectivity index (χ0) is 22.8. The fourth-order valence-corrected chi connectivity index (χ4v) is 4.09. The van der Waals surface area contributed by atoms with Crippen molar-refractivity contribution in [1.82, 2.24) is 20.0 Å². The van der Waals surface area contributed by atoms with Gasteiger partial charge in [0, 0.05) is 17.3 Å². The van der Waals surface area contributed by atoms with Gasteiger partial charge in [-0.15, -0.1) is 10.2 Å². The third-order valence-corrected chi connectivity index (χ3v) is 5.96. The van der Waals surface area contributed by atoms with E-state index >= 15 is 0 Å². The van der Waals surface area contributed by atoms with Gasteiger partial charge in [-0.05, 0) is 42.8 Å². The molecule has 0 aliphatic rings. The van der Waals surface area contributed by atoms with Gasteiger partial charge in [0.15, 0.2) is 5.01 Å². The van der Waals surface area contributed by atoms with Gasteiger partial charge < -0.3 is 0 Å². The quantitative estimate of drug-likeness (QED) is 0.366. The average Bonchev–Trinajstić information content (AvgIpc) is 3.49. The lowest BCUT2D eigenvalue weighted by atomic mass is 10.1. The van der Waals surface area contributed by atoms with E-state index in [1.54, 1.807) is 41.9 Å². The van der Waals surface area contributed by atoms with Crippen LogP contribution in [0.5, 0.6) is 0 Å². The molecule has 0 aliphatic heterocycles. The molecule has 6 nitrogen and oxygen atoms in total. The SMILES string of the molecule is Cc1ccc(-c2nn(-c3ccccc3)cc2-c2nnc(NC(=O)c3ccccc3)s2)cc1F. The number of nitrogens with zero attached hydrogens (tertiary/aromatic N) is 4. The van der Waals surface area contributed by atoms with Crippen molar-refractivity contribution in [2.75, 3.05) is 5.32 Å². The summed E-state index contributed by atoms with van der Waals surface area (Å²) < 4.78 is 16.1. The molecular weight excluding hydrogens is 437 g/mol. The van der Waals surface area contributed by atoms with Gasteiger partial charge in [0.25, 0.3) is 5.91 Å². The van der Waals surface area contributed by atoms with Gasteiger partial charge in [0.05, 0.1) is 11.3 Å². The number of carbonyl (C=O) groups excluding carboxylic acids is 1. The van der Waals surface area contributed by atoms with E-state index in [1.165, 1.54) is 17.4 Å². The molecule has 0 saturated carbocycles. The molecule has 0 spiro atoms. The van der Waals surface area contributed by atoms with Gasteiger partial charge >= 0.3 is 0 Å². The number of hydrogen-bond acceptors (Lipinski definition) is 5. The number of hydrogen-bond donors (Lipinski definition) is 1. The fraction of sp³-hybridized carbons (Fsp3) is 0.0400. The van der Waals surface area contributed by atoms with Crippen LogP contribution in [0.3, 0.4) is 0 Å². The molecule has 0 fully saturated rings. The van der Waals surface area contributed by atoms with Crippen molar-refractivity contribution >= 4 is 22.4 Å². The first kappa shape index (κ1) is 20.7. The molecule has 0 saturated heterocycles. The number of para-hydroxylation sites is 1. The maximum Gasteiger partial charge on any atom is 0.257 e. The number of nitrogens with one attached hydrogen (secondary N) is 1. The number of rotatable bonds is 5. The van der Waals surface area contributed by atoms with Crippen molar-refractivity contribution in [2.24, 2.45) is 0 Å². The summed E-state index contributed by atoms with van der Waals surface area (Å²) in [5, 5.41) is 16.8. The van der Waals surface area contributed by atoms with Gasteiger partial charge in [-0.3, -0.25) is 10.1 Å². The first-order valence-corrected chi connectivity index (χ1v) is 11.0. The number of aromatic nitrogens is 4. The molecule has 0 radical (unpaired) electrons. The van der Waals surface area contributed by atoms with Crippen molar-refractivity contribution in [3.63, 3.8) is 0 Å². The number of amides is 1. The Morgan fingerprint density at radius 3 is 2.42 bits per heavy atom. The van der Waals surface area contributed by atoms with Crippen molar-refractivity contribution in [3.8, 4) is 27.5 Å². The molecule has 33 heavy (non-hydrogen) atoms. The lowest BCUT2D eigenvalue weighted by Gasteiger charge is -2.03. The van der Waals surface area contributed by atoms with Crippen LogP contribution in [0, 0.1) is 12.7 Å². The summed E-state index contributed by atoms with van der Waals surface area (Å²) in [7, 11) is 0. The first-order chi connectivity index (χ1) is 16.1. The highest BCUT2D eigenvalue weighted by Gasteiger charge is 2.19. The molecule has 162 valence electrons. The normalized spacial score (nSPS) is 10.8. The van der Waals surface area contributed by atoms with Crippen LogP contribution in [0.2, 0.25) is 0 Å². The van der Waals surface area contributed by atoms with Crippen molar-refractivity contribution in [3.05, 3.63) is 102 Å². The second-order valence-corrected chi connectivity index (χ2v) is 8.35. The Hall–Kier alpha value is -4.17. The van der Waals surface area contributed by atoms with Gasteiger partial charge in [0.2, 0.25) is 5.13 Å². The predicted molar refractivity (Wildman–Crippen MR) is 127 cm³/mol. The van der Waals surface area contributed by atoms with Crippen LogP contribution >= 0.6 is 11.3 Å². The molecule has 1 amide bonds. The van der Waals surface area contributed by atoms with E-state index in [0.717, 1.165) is 5.69 Å². The highest BCUT2D eigenvalue weighted by Crippen LogP contribution is 2.35. The van der Waals surface area contributed by atoms with Gasteiger partial charge in [0.1, 0.15) is 11.5 Å². The van der Waals surface area contributed by atoms with Crippen molar-refractivity contribution in [2.45, 2.75) is 6.92 Å². The lowest BCUT2D eigenvalue weighted by Crippen LogP contribution is -2.11. The topological polar surface area (TPSA) is 72.7 Å². The van der Waals surface area contributed by atoms with Gasteiger partial charge in [-0.2, -0.15) is 5.10 Å². The summed E-state index contributed by atoms with van der Waals surface area (Å²) in [6.07, 6.45) is 1.84. The van der Waals surface area contributed by atoms with Crippen molar-refractivity contribution in [1.29, 1.82) is 0 Å². The van der Waals surface area contributed by atoms with Crippen LogP contribution in [0.1, 0.15) is 15.9 Å². The van der Waals surface area contributed by atoms with E-state index < -0.39 is 0 Å². The third kappa shape index (κ3) is 4.28. The van der Waals surface area contributed by atoms with Crippen LogP contribution in [0.4, 0.5) is 9.52 Å². The molecule has 3 aromatic carbocycles. The standard InChI is InChI=1S/C25H18FN5OS/c1-16-12-13-18(14-21(16)26)22-20(15-31(30-22)19-10-6-3-7-11-19)24-28-29-25(33-24)27-23(32)17-8-4-2-5-9-17/h2-15H,1H3,(H,27,29,32). The third-order valence-electron chi connectivity index (χ3n) is 5.09. The Bertz CT molecular complexity index is 1430. The summed E-state index contributed by atoms with van der Waals surface area (Å²) in [5.41, 5.74) is 3.86. The molecule has 8 heteroatoms. The van der Waals surface area contributed by atoms with Gasteiger partial charge in [-0.25, -0.2) is 9.07 Å². The molecule has 0 unspecified atom stereocenters. The maximum absolute atomic E-state index is 14.3. The minimum absolute atomic E-state index is 0.265. The Morgan fingerprint density at radius 2 is 1.70 bits per heavy atom. The van der Waals surface area contributed by atoms with Crippen LogP contribution in [-0.2, 0) is 0 Å². The lowest BCUT2D eigenvalue weighted by molar-refractivity contribution is 0.102. The molecule has 0 aliphatic carbocycles. The minimum atomic E-state index is -0.305. The Kier molecular flexibility index (Phi) is 5.50. The van der Waals surface area contributed by atoms with E-state index in [1.807, 2.05) is 48.7 Å². The molecule has 1 N–H and O–H groups in total. The second-order valence-electron chi connectivity index (χ2n) is 7.37. The van der Waals surface area contributed by atoms with Crippen molar-refractivity contribution < 1.29 is 9.18 Å². The summed E-state index contributed by atoms with van der Waals surface area (Å²) >= 11 is 1.23. The molecule has 5 rings (SSSR count). The minimum Gasteiger partial charge on any atom is -0.296 e.